The molecule has 0 saturated heterocycles. The monoisotopic (exact) mass is 448 g/mol. The molecule has 0 aliphatic carbocycles. The van der Waals surface area contributed by atoms with Gasteiger partial charge in [0, 0.05) is 23.7 Å². The summed E-state index contributed by atoms with van der Waals surface area (Å²) in [5, 5.41) is 13.1. The number of rotatable bonds is 11. The van der Waals surface area contributed by atoms with Crippen molar-refractivity contribution in [3.8, 4) is 22.6 Å². The summed E-state index contributed by atoms with van der Waals surface area (Å²) >= 11 is 0. The molecule has 0 spiro atoms. The first-order valence-corrected chi connectivity index (χ1v) is 11.3. The summed E-state index contributed by atoms with van der Waals surface area (Å²) in [6, 6.07) is 22.8. The maximum atomic E-state index is 12.7. The minimum atomic E-state index is -0.544. The number of hydrogen-bond acceptors (Lipinski definition) is 5. The van der Waals surface area contributed by atoms with Crippen LogP contribution >= 0.6 is 0 Å². The Labute approximate surface area is 195 Å². The van der Waals surface area contributed by atoms with Crippen LogP contribution in [0.4, 0.5) is 5.69 Å². The highest BCUT2D eigenvalue weighted by atomic mass is 16.5. The van der Waals surface area contributed by atoms with E-state index in [-0.39, 0.29) is 5.91 Å². The van der Waals surface area contributed by atoms with Crippen LogP contribution < -0.4 is 14.8 Å². The predicted molar refractivity (Wildman–Crippen MR) is 132 cm³/mol. The van der Waals surface area contributed by atoms with Gasteiger partial charge in [0.1, 0.15) is 6.23 Å². The van der Waals surface area contributed by atoms with Gasteiger partial charge < -0.3 is 19.9 Å². The zero-order chi connectivity index (χ0) is 23.6. The second-order valence-electron chi connectivity index (χ2n) is 7.60. The number of nitrogens with one attached hydrogen (secondary N) is 1. The molecule has 6 nitrogen and oxygen atoms in total. The van der Waals surface area contributed by atoms with E-state index in [0.29, 0.717) is 35.8 Å². The van der Waals surface area contributed by atoms with Crippen molar-refractivity contribution >= 4 is 11.6 Å². The molecular weight excluding hydrogens is 416 g/mol. The van der Waals surface area contributed by atoms with Crippen LogP contribution in [-0.2, 0) is 0 Å². The van der Waals surface area contributed by atoms with Gasteiger partial charge in [-0.25, -0.2) is 0 Å². The Morgan fingerprint density at radius 1 is 0.939 bits per heavy atom. The number of aliphatic hydroxyl groups excluding tert-OH is 1. The summed E-state index contributed by atoms with van der Waals surface area (Å²) in [6.45, 7) is 5.95. The molecule has 0 aliphatic heterocycles. The van der Waals surface area contributed by atoms with Crippen molar-refractivity contribution in [1.82, 2.24) is 4.90 Å². The van der Waals surface area contributed by atoms with E-state index < -0.39 is 6.23 Å². The second kappa shape index (κ2) is 12.0. The van der Waals surface area contributed by atoms with E-state index in [1.165, 1.54) is 0 Å². The Kier molecular flexibility index (Phi) is 8.87. The summed E-state index contributed by atoms with van der Waals surface area (Å²) in [4.78, 5) is 14.7. The van der Waals surface area contributed by atoms with E-state index in [0.717, 1.165) is 24.2 Å². The zero-order valence-corrected chi connectivity index (χ0v) is 19.5. The number of ether oxygens (including phenoxy) is 2. The number of benzene rings is 3. The highest BCUT2D eigenvalue weighted by molar-refractivity contribution is 6.04. The maximum Gasteiger partial charge on any atom is 0.255 e. The van der Waals surface area contributed by atoms with Gasteiger partial charge in [0.2, 0.25) is 0 Å². The molecular formula is C27H32N2O4. The van der Waals surface area contributed by atoms with Crippen molar-refractivity contribution < 1.29 is 19.4 Å². The van der Waals surface area contributed by atoms with Gasteiger partial charge in [-0.2, -0.15) is 0 Å². The minimum absolute atomic E-state index is 0.201. The standard InChI is InChI=1S/C27H32N2O4/c1-4-29(5-2)26(30)17-18-33-24-16-15-23(19-25(24)32-3)28-27(31)22-13-11-21(12-14-22)20-9-7-6-8-10-20/h6-16,19,26,30H,4-5,17-18H2,1-3H3,(H,28,31)/t26-/m1/s1. The molecule has 1 amide bonds. The number of aliphatic hydroxyl groups is 1. The summed E-state index contributed by atoms with van der Waals surface area (Å²) in [5.74, 6) is 0.881. The molecule has 0 fully saturated rings. The van der Waals surface area contributed by atoms with E-state index in [9.17, 15) is 9.90 Å². The van der Waals surface area contributed by atoms with Gasteiger partial charge in [-0.3, -0.25) is 9.69 Å². The molecule has 2 N–H and O–H groups in total. The summed E-state index contributed by atoms with van der Waals surface area (Å²) in [7, 11) is 1.56. The SMILES string of the molecule is CCN(CC)[C@H](O)CCOc1ccc(NC(=O)c2ccc(-c3ccccc3)cc2)cc1OC. The number of amides is 1. The minimum Gasteiger partial charge on any atom is -0.493 e. The maximum absolute atomic E-state index is 12.7. The Balaban J connectivity index is 1.60. The van der Waals surface area contributed by atoms with E-state index >= 15 is 0 Å². The zero-order valence-electron chi connectivity index (χ0n) is 19.5. The second-order valence-corrected chi connectivity index (χ2v) is 7.60. The quantitative estimate of drug-likeness (QED) is 0.402. The van der Waals surface area contributed by atoms with Crippen LogP contribution in [0.3, 0.4) is 0 Å². The van der Waals surface area contributed by atoms with Crippen LogP contribution in [-0.4, -0.2) is 48.9 Å². The lowest BCUT2D eigenvalue weighted by atomic mass is 10.0. The molecule has 174 valence electrons. The molecule has 6 heteroatoms. The molecule has 33 heavy (non-hydrogen) atoms. The summed E-state index contributed by atoms with van der Waals surface area (Å²) in [5.41, 5.74) is 3.34. The van der Waals surface area contributed by atoms with Crippen molar-refractivity contribution in [3.63, 3.8) is 0 Å². The molecule has 3 aromatic carbocycles. The van der Waals surface area contributed by atoms with E-state index in [1.807, 2.05) is 73.3 Å². The van der Waals surface area contributed by atoms with Crippen molar-refractivity contribution in [2.75, 3.05) is 32.1 Å². The molecule has 0 aliphatic rings. The number of carbonyl (C=O) groups excluding carboxylic acids is 1. The van der Waals surface area contributed by atoms with Crippen LogP contribution in [0.5, 0.6) is 11.5 Å². The lowest BCUT2D eigenvalue weighted by Crippen LogP contribution is -2.35. The molecule has 0 heterocycles. The third kappa shape index (κ3) is 6.57. The molecule has 0 saturated carbocycles. The first-order valence-electron chi connectivity index (χ1n) is 11.3. The van der Waals surface area contributed by atoms with E-state index in [4.69, 9.17) is 9.47 Å². The molecule has 3 rings (SSSR count). The Morgan fingerprint density at radius 2 is 1.61 bits per heavy atom. The van der Waals surface area contributed by atoms with Gasteiger partial charge in [-0.05, 0) is 48.5 Å². The number of methoxy groups -OCH3 is 1. The molecule has 0 bridgehead atoms. The number of carbonyl (C=O) groups is 1. The average molecular weight is 449 g/mol. The van der Waals surface area contributed by atoms with E-state index in [1.54, 1.807) is 25.3 Å². The molecule has 0 aromatic heterocycles. The fourth-order valence-corrected chi connectivity index (χ4v) is 3.61. The van der Waals surface area contributed by atoms with Gasteiger partial charge in [-0.15, -0.1) is 0 Å². The number of nitrogens with zero attached hydrogens (tertiary/aromatic N) is 1. The molecule has 3 aromatic rings. The van der Waals surface area contributed by atoms with Crippen LogP contribution in [0.2, 0.25) is 0 Å². The normalized spacial score (nSPS) is 11.8. The first kappa shape index (κ1) is 24.3. The Morgan fingerprint density at radius 3 is 2.24 bits per heavy atom. The van der Waals surface area contributed by atoms with Crippen LogP contribution in [0, 0.1) is 0 Å². The smallest absolute Gasteiger partial charge is 0.255 e. The Hall–Kier alpha value is -3.35. The fraction of sp³-hybridized carbons (Fsp3) is 0.296. The van der Waals surface area contributed by atoms with Gasteiger partial charge in [0.25, 0.3) is 5.91 Å². The summed E-state index contributed by atoms with van der Waals surface area (Å²) in [6.07, 6.45) is -0.0553. The summed E-state index contributed by atoms with van der Waals surface area (Å²) < 4.78 is 11.2. The molecule has 1 atom stereocenters. The van der Waals surface area contributed by atoms with Crippen molar-refractivity contribution in [3.05, 3.63) is 78.4 Å². The highest BCUT2D eigenvalue weighted by Crippen LogP contribution is 2.31. The van der Waals surface area contributed by atoms with Crippen molar-refractivity contribution in [2.45, 2.75) is 26.5 Å². The predicted octanol–water partition coefficient (Wildman–Crippen LogP) is 5.04. The van der Waals surface area contributed by atoms with Gasteiger partial charge >= 0.3 is 0 Å². The largest absolute Gasteiger partial charge is 0.493 e. The van der Waals surface area contributed by atoms with Crippen LogP contribution in [0.25, 0.3) is 11.1 Å². The Bertz CT molecular complexity index is 1020. The van der Waals surface area contributed by atoms with Gasteiger partial charge in [0.15, 0.2) is 11.5 Å². The third-order valence-corrected chi connectivity index (χ3v) is 5.54. The van der Waals surface area contributed by atoms with Crippen LogP contribution in [0.1, 0.15) is 30.6 Å². The molecule has 0 unspecified atom stereocenters. The first-order chi connectivity index (χ1) is 16.0. The number of anilines is 1. The van der Waals surface area contributed by atoms with Gasteiger partial charge in [0.05, 0.1) is 13.7 Å². The lowest BCUT2D eigenvalue weighted by Gasteiger charge is -2.25. The third-order valence-electron chi connectivity index (χ3n) is 5.54. The molecule has 0 radical (unpaired) electrons. The average Bonchev–Trinajstić information content (AvgIpc) is 2.86. The number of hydrogen-bond donors (Lipinski definition) is 2. The topological polar surface area (TPSA) is 71.0 Å². The van der Waals surface area contributed by atoms with Crippen molar-refractivity contribution in [1.29, 1.82) is 0 Å². The fourth-order valence-electron chi connectivity index (χ4n) is 3.61. The highest BCUT2D eigenvalue weighted by Gasteiger charge is 2.14. The van der Waals surface area contributed by atoms with Crippen LogP contribution in [0.15, 0.2) is 72.8 Å². The lowest BCUT2D eigenvalue weighted by molar-refractivity contribution is -0.00422. The van der Waals surface area contributed by atoms with E-state index in [2.05, 4.69) is 5.32 Å². The van der Waals surface area contributed by atoms with Crippen molar-refractivity contribution in [2.24, 2.45) is 0 Å². The van der Waals surface area contributed by atoms with Gasteiger partial charge in [-0.1, -0.05) is 56.3 Å².